The summed E-state index contributed by atoms with van der Waals surface area (Å²) in [5, 5.41) is 12.2. The molecule has 0 heterocycles. The summed E-state index contributed by atoms with van der Waals surface area (Å²) in [5.74, 6) is -0.937. The lowest BCUT2D eigenvalue weighted by Crippen LogP contribution is -2.56. The number of carboxylic acid groups (broad SMARTS) is 1. The molecular formula is C16H22N2O3. The fourth-order valence-electron chi connectivity index (χ4n) is 2.81. The Balaban J connectivity index is 2.16. The largest absolute Gasteiger partial charge is 0.480 e. The minimum absolute atomic E-state index is 0.342. The first-order chi connectivity index (χ1) is 9.98. The molecule has 5 heteroatoms. The van der Waals surface area contributed by atoms with E-state index in [-0.39, 0.29) is 6.03 Å². The molecule has 114 valence electrons. The Morgan fingerprint density at radius 2 is 1.81 bits per heavy atom. The van der Waals surface area contributed by atoms with Gasteiger partial charge in [0.05, 0.1) is 0 Å². The van der Waals surface area contributed by atoms with E-state index in [0.29, 0.717) is 19.4 Å². The van der Waals surface area contributed by atoms with Crippen molar-refractivity contribution in [2.75, 3.05) is 11.4 Å². The normalized spacial score (nSPS) is 16.5. The number of carbonyl (C=O) groups is 2. The molecule has 1 aliphatic rings. The summed E-state index contributed by atoms with van der Waals surface area (Å²) in [4.78, 5) is 25.6. The SMILES string of the molecule is CCN(C(=O)NC1(C(=O)O)CCCC1)c1ccc(C)cc1. The Kier molecular flexibility index (Phi) is 4.50. The maximum Gasteiger partial charge on any atom is 0.329 e. The minimum Gasteiger partial charge on any atom is -0.480 e. The summed E-state index contributed by atoms with van der Waals surface area (Å²) in [7, 11) is 0. The second-order valence-corrected chi connectivity index (χ2v) is 5.60. The Morgan fingerprint density at radius 1 is 1.24 bits per heavy atom. The van der Waals surface area contributed by atoms with Gasteiger partial charge in [0.25, 0.3) is 0 Å². The fourth-order valence-corrected chi connectivity index (χ4v) is 2.81. The fraction of sp³-hybridized carbons (Fsp3) is 0.500. The number of rotatable bonds is 4. The Labute approximate surface area is 125 Å². The highest BCUT2D eigenvalue weighted by atomic mass is 16.4. The average molecular weight is 290 g/mol. The third kappa shape index (κ3) is 3.17. The van der Waals surface area contributed by atoms with E-state index in [1.165, 1.54) is 0 Å². The molecule has 1 fully saturated rings. The first-order valence-corrected chi connectivity index (χ1v) is 7.38. The zero-order valence-electron chi connectivity index (χ0n) is 12.6. The van der Waals surface area contributed by atoms with Crippen LogP contribution in [0.15, 0.2) is 24.3 Å². The number of hydrogen-bond donors (Lipinski definition) is 2. The highest BCUT2D eigenvalue weighted by Crippen LogP contribution is 2.30. The lowest BCUT2D eigenvalue weighted by molar-refractivity contribution is -0.144. The first-order valence-electron chi connectivity index (χ1n) is 7.38. The van der Waals surface area contributed by atoms with Gasteiger partial charge in [0.2, 0.25) is 0 Å². The number of nitrogens with zero attached hydrogens (tertiary/aromatic N) is 1. The predicted octanol–water partition coefficient (Wildman–Crippen LogP) is 2.93. The zero-order valence-corrected chi connectivity index (χ0v) is 12.6. The maximum atomic E-state index is 12.5. The van der Waals surface area contributed by atoms with Crippen molar-refractivity contribution in [1.82, 2.24) is 5.32 Å². The summed E-state index contributed by atoms with van der Waals surface area (Å²) in [6, 6.07) is 7.29. The van der Waals surface area contributed by atoms with Gasteiger partial charge in [-0.3, -0.25) is 4.90 Å². The van der Waals surface area contributed by atoms with Crippen molar-refractivity contribution in [2.24, 2.45) is 0 Å². The second-order valence-electron chi connectivity index (χ2n) is 5.60. The van der Waals surface area contributed by atoms with E-state index in [2.05, 4.69) is 5.32 Å². The molecule has 2 N–H and O–H groups in total. The van der Waals surface area contributed by atoms with Crippen LogP contribution >= 0.6 is 0 Å². The third-order valence-corrected chi connectivity index (χ3v) is 4.12. The van der Waals surface area contributed by atoms with Crippen LogP contribution in [0, 0.1) is 6.92 Å². The quantitative estimate of drug-likeness (QED) is 0.895. The number of aliphatic carboxylic acids is 1. The van der Waals surface area contributed by atoms with Crippen LogP contribution in [-0.4, -0.2) is 29.2 Å². The summed E-state index contributed by atoms with van der Waals surface area (Å²) < 4.78 is 0. The van der Waals surface area contributed by atoms with E-state index in [4.69, 9.17) is 0 Å². The molecule has 2 rings (SSSR count). The summed E-state index contributed by atoms with van der Waals surface area (Å²) >= 11 is 0. The van der Waals surface area contributed by atoms with Gasteiger partial charge in [0.15, 0.2) is 0 Å². The monoisotopic (exact) mass is 290 g/mol. The van der Waals surface area contributed by atoms with E-state index < -0.39 is 11.5 Å². The molecule has 1 aromatic rings. The van der Waals surface area contributed by atoms with Crippen LogP contribution in [0.2, 0.25) is 0 Å². The summed E-state index contributed by atoms with van der Waals surface area (Å²) in [6.45, 7) is 4.35. The molecular weight excluding hydrogens is 268 g/mol. The molecule has 0 bridgehead atoms. The van der Waals surface area contributed by atoms with Gasteiger partial charge in [-0.2, -0.15) is 0 Å². The number of urea groups is 1. The Hall–Kier alpha value is -2.04. The molecule has 0 spiro atoms. The van der Waals surface area contributed by atoms with Crippen LogP contribution in [0.25, 0.3) is 0 Å². The van der Waals surface area contributed by atoms with Gasteiger partial charge in [-0.15, -0.1) is 0 Å². The number of aryl methyl sites for hydroxylation is 1. The van der Waals surface area contributed by atoms with Gasteiger partial charge in [-0.25, -0.2) is 9.59 Å². The highest BCUT2D eigenvalue weighted by molar-refractivity contribution is 5.96. The van der Waals surface area contributed by atoms with Crippen molar-refractivity contribution in [3.05, 3.63) is 29.8 Å². The third-order valence-electron chi connectivity index (χ3n) is 4.12. The zero-order chi connectivity index (χ0) is 15.5. The van der Waals surface area contributed by atoms with Crippen molar-refractivity contribution in [2.45, 2.75) is 45.1 Å². The van der Waals surface area contributed by atoms with Crippen LogP contribution < -0.4 is 10.2 Å². The van der Waals surface area contributed by atoms with E-state index in [0.717, 1.165) is 24.1 Å². The smallest absolute Gasteiger partial charge is 0.329 e. The van der Waals surface area contributed by atoms with E-state index in [1.54, 1.807) is 4.90 Å². The van der Waals surface area contributed by atoms with Gasteiger partial charge < -0.3 is 10.4 Å². The first kappa shape index (κ1) is 15.4. The Bertz CT molecular complexity index is 519. The maximum absolute atomic E-state index is 12.5. The van der Waals surface area contributed by atoms with Crippen molar-refractivity contribution in [1.29, 1.82) is 0 Å². The molecule has 5 nitrogen and oxygen atoms in total. The molecule has 0 aliphatic heterocycles. The van der Waals surface area contributed by atoms with Gasteiger partial charge >= 0.3 is 12.0 Å². The molecule has 0 radical (unpaired) electrons. The lowest BCUT2D eigenvalue weighted by Gasteiger charge is -2.30. The molecule has 21 heavy (non-hydrogen) atoms. The molecule has 0 aromatic heterocycles. The number of nitrogens with one attached hydrogen (secondary N) is 1. The lowest BCUT2D eigenvalue weighted by atomic mass is 9.98. The molecule has 2 amide bonds. The van der Waals surface area contributed by atoms with Gasteiger partial charge in [0, 0.05) is 12.2 Å². The topological polar surface area (TPSA) is 69.6 Å². The van der Waals surface area contributed by atoms with Crippen LogP contribution in [0.4, 0.5) is 10.5 Å². The molecule has 1 aliphatic carbocycles. The molecule has 1 aromatic carbocycles. The van der Waals surface area contributed by atoms with Crippen molar-refractivity contribution in [3.8, 4) is 0 Å². The van der Waals surface area contributed by atoms with Crippen LogP contribution in [0.5, 0.6) is 0 Å². The molecule has 0 unspecified atom stereocenters. The number of anilines is 1. The second kappa shape index (κ2) is 6.16. The molecule has 0 saturated heterocycles. The van der Waals surface area contributed by atoms with Crippen LogP contribution in [0.3, 0.4) is 0 Å². The van der Waals surface area contributed by atoms with Gasteiger partial charge in [-0.05, 0) is 38.8 Å². The number of hydrogen-bond acceptors (Lipinski definition) is 2. The standard InChI is InChI=1S/C16H22N2O3/c1-3-18(13-8-6-12(2)7-9-13)15(21)17-16(14(19)20)10-4-5-11-16/h6-9H,3-5,10-11H2,1-2H3,(H,17,21)(H,19,20). The molecule has 0 atom stereocenters. The van der Waals surface area contributed by atoms with Gasteiger partial charge in [-0.1, -0.05) is 30.5 Å². The molecule has 1 saturated carbocycles. The average Bonchev–Trinajstić information content (AvgIpc) is 2.91. The van der Waals surface area contributed by atoms with Crippen LogP contribution in [-0.2, 0) is 4.79 Å². The van der Waals surface area contributed by atoms with Crippen molar-refractivity contribution >= 4 is 17.7 Å². The van der Waals surface area contributed by atoms with E-state index in [9.17, 15) is 14.7 Å². The number of carboxylic acids is 1. The van der Waals surface area contributed by atoms with Gasteiger partial charge in [0.1, 0.15) is 5.54 Å². The summed E-state index contributed by atoms with van der Waals surface area (Å²) in [6.07, 6.45) is 2.67. The number of benzene rings is 1. The predicted molar refractivity (Wildman–Crippen MR) is 81.6 cm³/mol. The summed E-state index contributed by atoms with van der Waals surface area (Å²) in [5.41, 5.74) is 0.794. The number of amides is 2. The van der Waals surface area contributed by atoms with Crippen molar-refractivity contribution < 1.29 is 14.7 Å². The highest BCUT2D eigenvalue weighted by Gasteiger charge is 2.43. The number of carbonyl (C=O) groups excluding carboxylic acids is 1. The van der Waals surface area contributed by atoms with E-state index >= 15 is 0 Å². The minimum atomic E-state index is -1.10. The van der Waals surface area contributed by atoms with Crippen molar-refractivity contribution in [3.63, 3.8) is 0 Å². The van der Waals surface area contributed by atoms with Crippen LogP contribution in [0.1, 0.15) is 38.2 Å². The Morgan fingerprint density at radius 3 is 2.29 bits per heavy atom. The van der Waals surface area contributed by atoms with E-state index in [1.807, 2.05) is 38.1 Å².